The number of methoxy groups -OCH3 is 1. The van der Waals surface area contributed by atoms with Gasteiger partial charge in [0.15, 0.2) is 0 Å². The first-order chi connectivity index (χ1) is 9.44. The first kappa shape index (κ1) is 17.2. The molecule has 20 heavy (non-hydrogen) atoms. The van der Waals surface area contributed by atoms with Gasteiger partial charge >= 0.3 is 0 Å². The van der Waals surface area contributed by atoms with Gasteiger partial charge in [-0.25, -0.2) is 13.1 Å². The van der Waals surface area contributed by atoms with Crippen LogP contribution in [0, 0.1) is 0 Å². The maximum Gasteiger partial charge on any atom is 0.242 e. The fourth-order valence-corrected chi connectivity index (χ4v) is 3.28. The molecule has 0 spiro atoms. The van der Waals surface area contributed by atoms with Crippen molar-refractivity contribution in [2.45, 2.75) is 50.8 Å². The number of ether oxygens (including phenoxy) is 1. The number of hydrogen-bond acceptors (Lipinski definition) is 4. The van der Waals surface area contributed by atoms with Gasteiger partial charge in [-0.05, 0) is 25.8 Å². The minimum Gasteiger partial charge on any atom is -0.390 e. The Morgan fingerprint density at radius 3 is 2.75 bits per heavy atom. The summed E-state index contributed by atoms with van der Waals surface area (Å²) in [4.78, 5) is 0.194. The lowest BCUT2D eigenvalue weighted by Crippen LogP contribution is -2.33. The molecule has 0 saturated carbocycles. The predicted octanol–water partition coefficient (Wildman–Crippen LogP) is 1.09. The molecule has 0 aromatic carbocycles. The summed E-state index contributed by atoms with van der Waals surface area (Å²) in [6, 6.07) is 1.31. The highest BCUT2D eigenvalue weighted by Crippen LogP contribution is 2.16. The van der Waals surface area contributed by atoms with Gasteiger partial charge < -0.3 is 14.4 Å². The minimum absolute atomic E-state index is 0.172. The highest BCUT2D eigenvalue weighted by atomic mass is 32.2. The molecule has 2 N–H and O–H groups in total. The number of aliphatic hydroxyl groups is 1. The van der Waals surface area contributed by atoms with Gasteiger partial charge in [-0.15, -0.1) is 0 Å². The van der Waals surface area contributed by atoms with Crippen LogP contribution in [-0.2, 0) is 27.9 Å². The maximum atomic E-state index is 12.2. The summed E-state index contributed by atoms with van der Waals surface area (Å²) < 4.78 is 33.8. The van der Waals surface area contributed by atoms with E-state index in [1.165, 1.54) is 6.07 Å². The van der Waals surface area contributed by atoms with Crippen molar-refractivity contribution in [2.75, 3.05) is 13.7 Å². The lowest BCUT2D eigenvalue weighted by atomic mass is 10.3. The van der Waals surface area contributed by atoms with Crippen LogP contribution < -0.4 is 4.72 Å². The Morgan fingerprint density at radius 2 is 2.20 bits per heavy atom. The van der Waals surface area contributed by atoms with Gasteiger partial charge in [0.2, 0.25) is 10.0 Å². The molecule has 1 atom stereocenters. The molecule has 1 aromatic heterocycles. The van der Waals surface area contributed by atoms with Crippen LogP contribution in [0.1, 0.15) is 32.4 Å². The largest absolute Gasteiger partial charge is 0.390 e. The normalized spacial score (nSPS) is 13.6. The quantitative estimate of drug-likeness (QED) is 0.716. The van der Waals surface area contributed by atoms with E-state index in [1.54, 1.807) is 24.8 Å². The molecule has 1 heterocycles. The fraction of sp³-hybridized carbons (Fsp3) is 0.692. The van der Waals surface area contributed by atoms with Crippen molar-refractivity contribution in [1.29, 1.82) is 0 Å². The van der Waals surface area contributed by atoms with E-state index in [0.717, 1.165) is 6.42 Å². The van der Waals surface area contributed by atoms with Gasteiger partial charge in [-0.3, -0.25) is 0 Å². The first-order valence-corrected chi connectivity index (χ1v) is 8.24. The van der Waals surface area contributed by atoms with Crippen molar-refractivity contribution in [2.24, 2.45) is 0 Å². The van der Waals surface area contributed by atoms with Gasteiger partial charge in [-0.1, -0.05) is 6.92 Å². The van der Waals surface area contributed by atoms with Crippen molar-refractivity contribution in [3.05, 3.63) is 18.0 Å². The molecular weight excluding hydrogens is 280 g/mol. The molecule has 0 saturated heterocycles. The van der Waals surface area contributed by atoms with E-state index >= 15 is 0 Å². The van der Waals surface area contributed by atoms with Crippen LogP contribution in [0.5, 0.6) is 0 Å². The molecule has 0 fully saturated rings. The van der Waals surface area contributed by atoms with Crippen LogP contribution in [0.25, 0.3) is 0 Å². The second kappa shape index (κ2) is 7.78. The lowest BCUT2D eigenvalue weighted by molar-refractivity contribution is 0.188. The van der Waals surface area contributed by atoms with Crippen LogP contribution in [0.3, 0.4) is 0 Å². The van der Waals surface area contributed by atoms with Crippen molar-refractivity contribution < 1.29 is 18.3 Å². The third kappa shape index (κ3) is 4.59. The topological polar surface area (TPSA) is 80.6 Å². The average molecular weight is 304 g/mol. The maximum absolute atomic E-state index is 12.2. The highest BCUT2D eigenvalue weighted by Gasteiger charge is 2.20. The Bertz CT molecular complexity index is 510. The van der Waals surface area contributed by atoms with Gasteiger partial charge in [0.1, 0.15) is 0 Å². The molecule has 6 nitrogen and oxygen atoms in total. The molecular formula is C13H24N2O4S. The number of nitrogens with zero attached hydrogens (tertiary/aromatic N) is 1. The summed E-state index contributed by atoms with van der Waals surface area (Å²) in [6.07, 6.45) is 3.05. The van der Waals surface area contributed by atoms with Crippen LogP contribution in [-0.4, -0.2) is 37.8 Å². The van der Waals surface area contributed by atoms with E-state index < -0.39 is 10.0 Å². The van der Waals surface area contributed by atoms with Gasteiger partial charge in [0.05, 0.1) is 11.5 Å². The van der Waals surface area contributed by atoms with E-state index in [-0.39, 0.29) is 17.5 Å². The van der Waals surface area contributed by atoms with Gasteiger partial charge in [0, 0.05) is 38.2 Å². The number of sulfonamides is 1. The highest BCUT2D eigenvalue weighted by molar-refractivity contribution is 7.89. The van der Waals surface area contributed by atoms with Crippen LogP contribution in [0.15, 0.2) is 17.2 Å². The third-order valence-corrected chi connectivity index (χ3v) is 4.57. The zero-order valence-electron chi connectivity index (χ0n) is 12.3. The van der Waals surface area contributed by atoms with E-state index in [1.807, 2.05) is 6.92 Å². The van der Waals surface area contributed by atoms with E-state index in [2.05, 4.69) is 4.72 Å². The van der Waals surface area contributed by atoms with E-state index in [0.29, 0.717) is 25.3 Å². The zero-order chi connectivity index (χ0) is 15.2. The lowest BCUT2D eigenvalue weighted by Gasteiger charge is -2.12. The number of hydrogen-bond donors (Lipinski definition) is 2. The Hall–Kier alpha value is -0.890. The smallest absolute Gasteiger partial charge is 0.242 e. The SMILES string of the molecule is CCCn1cc(S(=O)(=O)NC(C)CCOC)cc1CO. The summed E-state index contributed by atoms with van der Waals surface area (Å²) in [5, 5.41) is 9.27. The fourth-order valence-electron chi connectivity index (χ4n) is 1.94. The molecule has 0 aliphatic heterocycles. The Balaban J connectivity index is 2.86. The molecule has 0 bridgehead atoms. The summed E-state index contributed by atoms with van der Waals surface area (Å²) in [5.41, 5.74) is 0.608. The number of nitrogens with one attached hydrogen (secondary N) is 1. The van der Waals surface area contributed by atoms with Gasteiger partial charge in [0.25, 0.3) is 0 Å². The molecule has 0 amide bonds. The molecule has 1 unspecified atom stereocenters. The molecule has 7 heteroatoms. The first-order valence-electron chi connectivity index (χ1n) is 6.75. The molecule has 0 aliphatic rings. The summed E-state index contributed by atoms with van der Waals surface area (Å²) in [7, 11) is -1.97. The Morgan fingerprint density at radius 1 is 1.50 bits per heavy atom. The summed E-state index contributed by atoms with van der Waals surface area (Å²) in [5.74, 6) is 0. The van der Waals surface area contributed by atoms with Crippen LogP contribution >= 0.6 is 0 Å². The zero-order valence-corrected chi connectivity index (χ0v) is 13.1. The van der Waals surface area contributed by atoms with E-state index in [4.69, 9.17) is 4.74 Å². The molecule has 0 aliphatic carbocycles. The molecule has 0 radical (unpaired) electrons. The number of aromatic nitrogens is 1. The standard InChI is InChI=1S/C13H24N2O4S/c1-4-6-15-9-13(8-12(15)10-16)20(17,18)14-11(2)5-7-19-3/h8-9,11,14,16H,4-7,10H2,1-3H3. The Kier molecular flexibility index (Phi) is 6.67. The van der Waals surface area contributed by atoms with Crippen molar-refractivity contribution in [3.8, 4) is 0 Å². The summed E-state index contributed by atoms with van der Waals surface area (Å²) >= 11 is 0. The van der Waals surface area contributed by atoms with E-state index in [9.17, 15) is 13.5 Å². The van der Waals surface area contributed by atoms with Crippen LogP contribution in [0.4, 0.5) is 0 Å². The van der Waals surface area contributed by atoms with Gasteiger partial charge in [-0.2, -0.15) is 0 Å². The monoisotopic (exact) mass is 304 g/mol. The van der Waals surface area contributed by atoms with Crippen molar-refractivity contribution in [3.63, 3.8) is 0 Å². The average Bonchev–Trinajstić information content (AvgIpc) is 2.80. The van der Waals surface area contributed by atoms with Crippen molar-refractivity contribution in [1.82, 2.24) is 9.29 Å². The number of rotatable bonds is 9. The third-order valence-electron chi connectivity index (χ3n) is 3.01. The molecule has 1 rings (SSSR count). The Labute approximate surface area is 120 Å². The minimum atomic E-state index is -3.56. The van der Waals surface area contributed by atoms with Crippen molar-refractivity contribution >= 4 is 10.0 Å². The molecule has 116 valence electrons. The second-order valence-electron chi connectivity index (χ2n) is 4.82. The second-order valence-corrected chi connectivity index (χ2v) is 6.54. The summed E-state index contributed by atoms with van der Waals surface area (Å²) in [6.45, 7) is 4.81. The number of aliphatic hydroxyl groups excluding tert-OH is 1. The van der Waals surface area contributed by atoms with Crippen LogP contribution in [0.2, 0.25) is 0 Å². The predicted molar refractivity (Wildman–Crippen MR) is 76.9 cm³/mol. The molecule has 1 aromatic rings. The number of aryl methyl sites for hydroxylation is 1.